The van der Waals surface area contributed by atoms with Gasteiger partial charge in [-0.1, -0.05) is 19.3 Å². The number of hydrogen-bond acceptors (Lipinski definition) is 10. The first-order valence-electron chi connectivity index (χ1n) is 16.3. The molecule has 0 atom stereocenters. The van der Waals surface area contributed by atoms with Crippen LogP contribution in [0.1, 0.15) is 77.7 Å². The highest BCUT2D eigenvalue weighted by molar-refractivity contribution is 6.32. The summed E-state index contributed by atoms with van der Waals surface area (Å²) in [6.07, 6.45) is 8.54. The molecule has 4 amide bonds. The number of aromatic nitrogens is 2. The molecule has 1 aliphatic carbocycles. The molecule has 0 spiro atoms. The summed E-state index contributed by atoms with van der Waals surface area (Å²) in [5.74, 6) is -0.124. The number of carbonyl (C=O) groups excluding carboxylic acids is 3. The van der Waals surface area contributed by atoms with E-state index < -0.39 is 17.7 Å². The molecule has 2 heterocycles. The van der Waals surface area contributed by atoms with Crippen LogP contribution < -0.4 is 31.3 Å². The lowest BCUT2D eigenvalue weighted by Crippen LogP contribution is -2.39. The normalized spacial score (nSPS) is 15.2. The first-order valence-corrected chi connectivity index (χ1v) is 16.3. The number of benzene rings is 1. The number of nitrogens with zero attached hydrogens (tertiary/aromatic N) is 3. The Morgan fingerprint density at radius 2 is 1.90 bits per heavy atom. The number of urea groups is 1. The molecule has 0 unspecified atom stereocenters. The Labute approximate surface area is 280 Å². The molecule has 1 aromatic heterocycles. The Kier molecular flexibility index (Phi) is 12.4. The number of rotatable bonds is 14. The molecule has 0 radical (unpaired) electrons. The van der Waals surface area contributed by atoms with Crippen LogP contribution in [0.4, 0.5) is 32.6 Å². The van der Waals surface area contributed by atoms with Crippen LogP contribution in [-0.2, 0) is 14.3 Å². The molecular weight excluding hydrogens is 620 g/mol. The molecule has 6 N–H and O–H groups in total. The van der Waals surface area contributed by atoms with Gasteiger partial charge in [-0.2, -0.15) is 0 Å². The molecule has 48 heavy (non-hydrogen) atoms. The van der Waals surface area contributed by atoms with E-state index in [1.54, 1.807) is 31.4 Å². The largest absolute Gasteiger partial charge is 0.491 e. The topological polar surface area (TPSA) is 196 Å². The van der Waals surface area contributed by atoms with Crippen LogP contribution in [0.25, 0.3) is 5.57 Å². The van der Waals surface area contributed by atoms with Crippen LogP contribution in [0.3, 0.4) is 0 Å². The maximum absolute atomic E-state index is 12.9. The molecule has 1 aliphatic heterocycles. The van der Waals surface area contributed by atoms with E-state index in [4.69, 9.17) is 14.6 Å². The van der Waals surface area contributed by atoms with E-state index in [1.807, 2.05) is 20.8 Å². The Morgan fingerprint density at radius 3 is 2.62 bits per heavy atom. The van der Waals surface area contributed by atoms with Crippen LogP contribution in [-0.4, -0.2) is 82.4 Å². The van der Waals surface area contributed by atoms with Gasteiger partial charge in [-0.25, -0.2) is 19.6 Å². The van der Waals surface area contributed by atoms with Crippen LogP contribution in [0.2, 0.25) is 0 Å². The van der Waals surface area contributed by atoms with Crippen molar-refractivity contribution in [3.63, 3.8) is 0 Å². The highest BCUT2D eigenvalue weighted by atomic mass is 16.6. The van der Waals surface area contributed by atoms with E-state index in [9.17, 15) is 19.2 Å². The predicted octanol–water partition coefficient (Wildman–Crippen LogP) is 5.25. The number of carboxylic acids is 1. The fourth-order valence-electron chi connectivity index (χ4n) is 5.24. The van der Waals surface area contributed by atoms with Gasteiger partial charge in [0.2, 0.25) is 0 Å². The standard InChI is InChI=1S/C33H46N8O7/c1-33(2,3)48-32(46)41(4)16-9-15-34-28-27-23(30(44)40-29(27)37-20-36-28)19-35-22-13-14-24(25(18-22)47-17-8-12-26(42)43)39-31(45)38-21-10-6-5-7-11-21/h13-14,18-21,35H,5-12,15-17H2,1-4H3,(H,42,43)(H2,38,39,45)(H2,34,36,37,40,44)/b23-19-. The van der Waals surface area contributed by atoms with Gasteiger partial charge in [-0.3, -0.25) is 9.59 Å². The van der Waals surface area contributed by atoms with Gasteiger partial charge in [-0.15, -0.1) is 0 Å². The zero-order valence-electron chi connectivity index (χ0n) is 28.0. The van der Waals surface area contributed by atoms with Crippen molar-refractivity contribution in [3.05, 3.63) is 36.3 Å². The minimum atomic E-state index is -0.924. The number of anilines is 4. The third-order valence-electron chi connectivity index (χ3n) is 7.61. The maximum atomic E-state index is 12.9. The molecule has 0 saturated heterocycles. The molecule has 15 heteroatoms. The summed E-state index contributed by atoms with van der Waals surface area (Å²) in [6, 6.07) is 4.86. The van der Waals surface area contributed by atoms with E-state index in [-0.39, 0.29) is 37.4 Å². The highest BCUT2D eigenvalue weighted by Gasteiger charge is 2.29. The minimum Gasteiger partial charge on any atom is -0.491 e. The van der Waals surface area contributed by atoms with Gasteiger partial charge < -0.3 is 46.1 Å². The first-order chi connectivity index (χ1) is 22.9. The molecule has 2 aliphatic rings. The minimum absolute atomic E-state index is 0.0532. The summed E-state index contributed by atoms with van der Waals surface area (Å²) in [7, 11) is 1.67. The molecule has 1 fully saturated rings. The lowest BCUT2D eigenvalue weighted by molar-refractivity contribution is -0.137. The van der Waals surface area contributed by atoms with Gasteiger partial charge in [0.05, 0.1) is 23.4 Å². The van der Waals surface area contributed by atoms with Crippen molar-refractivity contribution in [2.75, 3.05) is 48.0 Å². The Morgan fingerprint density at radius 1 is 1.12 bits per heavy atom. The molecule has 1 saturated carbocycles. The summed E-state index contributed by atoms with van der Waals surface area (Å²) in [4.78, 5) is 59.0. The third-order valence-corrected chi connectivity index (χ3v) is 7.61. The maximum Gasteiger partial charge on any atom is 0.410 e. The van der Waals surface area contributed by atoms with Crippen molar-refractivity contribution in [2.45, 2.75) is 83.8 Å². The van der Waals surface area contributed by atoms with Gasteiger partial charge >= 0.3 is 18.1 Å². The second-order valence-electron chi connectivity index (χ2n) is 12.8. The summed E-state index contributed by atoms with van der Waals surface area (Å²) >= 11 is 0. The Balaban J connectivity index is 1.43. The zero-order valence-corrected chi connectivity index (χ0v) is 28.0. The monoisotopic (exact) mass is 666 g/mol. The average Bonchev–Trinajstić information content (AvgIpc) is 3.36. The second kappa shape index (κ2) is 16.7. The molecule has 260 valence electrons. The average molecular weight is 667 g/mol. The fraction of sp³-hybridized carbons (Fsp3) is 0.515. The first kappa shape index (κ1) is 35.8. The third kappa shape index (κ3) is 10.7. The van der Waals surface area contributed by atoms with Crippen molar-refractivity contribution in [1.82, 2.24) is 20.2 Å². The SMILES string of the molecule is CN(CCCNc1ncnc2c1/C(=C/Nc1ccc(NC(=O)NC3CCCCC3)c(OCCCC(=O)O)c1)C(=O)N2)C(=O)OC(C)(C)C. The van der Waals surface area contributed by atoms with Crippen LogP contribution >= 0.6 is 0 Å². The molecule has 1 aromatic carbocycles. The van der Waals surface area contributed by atoms with Gasteiger partial charge in [0.1, 0.15) is 29.3 Å². The molecule has 2 aromatic rings. The molecule has 15 nitrogen and oxygen atoms in total. The summed E-state index contributed by atoms with van der Waals surface area (Å²) in [5.41, 5.74) is 1.21. The van der Waals surface area contributed by atoms with Gasteiger partial charge in [0.15, 0.2) is 0 Å². The molecule has 4 rings (SSSR count). The van der Waals surface area contributed by atoms with E-state index in [1.165, 1.54) is 17.6 Å². The van der Waals surface area contributed by atoms with E-state index in [0.29, 0.717) is 59.4 Å². The lowest BCUT2D eigenvalue weighted by atomic mass is 9.96. The Hall–Kier alpha value is -5.08. The molecular formula is C33H46N8O7. The Bertz CT molecular complexity index is 1500. The van der Waals surface area contributed by atoms with Crippen LogP contribution in [0, 0.1) is 0 Å². The lowest BCUT2D eigenvalue weighted by Gasteiger charge is -2.24. The summed E-state index contributed by atoms with van der Waals surface area (Å²) in [5, 5.41) is 24.0. The number of carboxylic acid groups (broad SMARTS) is 1. The van der Waals surface area contributed by atoms with E-state index >= 15 is 0 Å². The summed E-state index contributed by atoms with van der Waals surface area (Å²) in [6.45, 7) is 6.49. The highest BCUT2D eigenvalue weighted by Crippen LogP contribution is 2.35. The number of nitrogens with one attached hydrogen (secondary N) is 5. The van der Waals surface area contributed by atoms with Gasteiger partial charge in [0, 0.05) is 50.6 Å². The number of ether oxygens (including phenoxy) is 2. The van der Waals surface area contributed by atoms with Crippen LogP contribution in [0.5, 0.6) is 5.75 Å². The van der Waals surface area contributed by atoms with Gasteiger partial charge in [0.25, 0.3) is 5.91 Å². The van der Waals surface area contributed by atoms with E-state index in [2.05, 4.69) is 36.6 Å². The number of fused-ring (bicyclic) bond motifs is 1. The number of hydrogen-bond donors (Lipinski definition) is 6. The van der Waals surface area contributed by atoms with E-state index in [0.717, 1.165) is 25.7 Å². The zero-order chi connectivity index (χ0) is 34.7. The van der Waals surface area contributed by atoms with Crippen LogP contribution in [0.15, 0.2) is 30.7 Å². The summed E-state index contributed by atoms with van der Waals surface area (Å²) < 4.78 is 11.3. The smallest absolute Gasteiger partial charge is 0.410 e. The number of amides is 4. The second-order valence-corrected chi connectivity index (χ2v) is 12.8. The number of carbonyl (C=O) groups is 4. The van der Waals surface area contributed by atoms with Crippen molar-refractivity contribution in [1.29, 1.82) is 0 Å². The van der Waals surface area contributed by atoms with Crippen molar-refractivity contribution in [3.8, 4) is 5.75 Å². The quantitative estimate of drug-likeness (QED) is 0.114. The van der Waals surface area contributed by atoms with Gasteiger partial charge in [-0.05, 0) is 58.6 Å². The van der Waals surface area contributed by atoms with Crippen molar-refractivity contribution < 1.29 is 33.8 Å². The predicted molar refractivity (Wildman–Crippen MR) is 182 cm³/mol. The fourth-order valence-corrected chi connectivity index (χ4v) is 5.24. The van der Waals surface area contributed by atoms with Crippen molar-refractivity contribution in [2.24, 2.45) is 0 Å². The van der Waals surface area contributed by atoms with Crippen molar-refractivity contribution >= 4 is 52.6 Å². The number of aliphatic carboxylic acids is 1. The molecule has 0 bridgehead atoms.